The Bertz CT molecular complexity index is 753. The van der Waals surface area contributed by atoms with Gasteiger partial charge in [-0.2, -0.15) is 5.26 Å². The van der Waals surface area contributed by atoms with Crippen LogP contribution in [0.25, 0.3) is 0 Å². The van der Waals surface area contributed by atoms with Gasteiger partial charge >= 0.3 is 0 Å². The van der Waals surface area contributed by atoms with Crippen LogP contribution in [0.1, 0.15) is 22.3 Å². The van der Waals surface area contributed by atoms with Gasteiger partial charge in [-0.1, -0.05) is 0 Å². The second-order valence-corrected chi connectivity index (χ2v) is 5.38. The molecule has 1 aliphatic heterocycles. The van der Waals surface area contributed by atoms with Crippen LogP contribution in [0, 0.1) is 11.3 Å². The van der Waals surface area contributed by atoms with Crippen LogP contribution in [0.2, 0.25) is 0 Å². The number of methoxy groups -OCH3 is 1. The summed E-state index contributed by atoms with van der Waals surface area (Å²) in [5.41, 5.74) is 1.10. The maximum absolute atomic E-state index is 12.5. The molecule has 1 atom stereocenters. The zero-order valence-electron chi connectivity index (χ0n) is 13.2. The maximum Gasteiger partial charge on any atom is 0.253 e. The van der Waals surface area contributed by atoms with Crippen molar-refractivity contribution in [2.24, 2.45) is 0 Å². The van der Waals surface area contributed by atoms with E-state index in [1.807, 2.05) is 6.07 Å². The second-order valence-electron chi connectivity index (χ2n) is 5.38. The second kappa shape index (κ2) is 6.96. The van der Waals surface area contributed by atoms with E-state index in [4.69, 9.17) is 14.7 Å². The normalized spacial score (nSPS) is 16.5. The van der Waals surface area contributed by atoms with Crippen molar-refractivity contribution in [2.45, 2.75) is 12.5 Å². The van der Waals surface area contributed by atoms with Gasteiger partial charge in [-0.25, -0.2) is 0 Å². The van der Waals surface area contributed by atoms with Gasteiger partial charge in [0, 0.05) is 30.7 Å². The number of carbonyl (C=O) groups is 1. The van der Waals surface area contributed by atoms with E-state index in [1.54, 1.807) is 41.3 Å². The van der Waals surface area contributed by atoms with Gasteiger partial charge in [-0.15, -0.1) is 10.2 Å². The van der Waals surface area contributed by atoms with Gasteiger partial charge in [0.15, 0.2) is 0 Å². The number of amides is 1. The molecule has 2 aromatic rings. The van der Waals surface area contributed by atoms with E-state index in [2.05, 4.69) is 10.2 Å². The minimum absolute atomic E-state index is 0.0635. The van der Waals surface area contributed by atoms with Crippen molar-refractivity contribution in [2.75, 3.05) is 20.2 Å². The van der Waals surface area contributed by atoms with Gasteiger partial charge in [0.1, 0.15) is 6.10 Å². The van der Waals surface area contributed by atoms with Gasteiger partial charge in [-0.05, 0) is 24.3 Å². The maximum atomic E-state index is 12.5. The fourth-order valence-corrected chi connectivity index (χ4v) is 2.53. The molecular weight excluding hydrogens is 308 g/mol. The molecule has 0 bridgehead atoms. The third-order valence-electron chi connectivity index (χ3n) is 3.81. The fraction of sp³-hybridized carbons (Fsp3) is 0.294. The Labute approximate surface area is 139 Å². The highest BCUT2D eigenvalue weighted by Gasteiger charge is 2.28. The summed E-state index contributed by atoms with van der Waals surface area (Å²) in [5.74, 6) is 0.770. The number of hydrogen-bond donors (Lipinski definition) is 0. The summed E-state index contributed by atoms with van der Waals surface area (Å²) >= 11 is 0. The number of nitriles is 1. The highest BCUT2D eigenvalue weighted by atomic mass is 16.5. The number of nitrogens with zero attached hydrogens (tertiary/aromatic N) is 4. The zero-order chi connectivity index (χ0) is 16.9. The Balaban J connectivity index is 1.59. The average molecular weight is 324 g/mol. The van der Waals surface area contributed by atoms with Crippen molar-refractivity contribution in [1.29, 1.82) is 5.26 Å². The van der Waals surface area contributed by atoms with Crippen LogP contribution in [-0.4, -0.2) is 47.3 Å². The molecule has 1 aromatic carbocycles. The van der Waals surface area contributed by atoms with E-state index in [1.165, 1.54) is 7.11 Å². The van der Waals surface area contributed by atoms with Gasteiger partial charge in [0.05, 0.1) is 25.3 Å². The molecule has 1 saturated heterocycles. The molecule has 0 aliphatic carbocycles. The zero-order valence-corrected chi connectivity index (χ0v) is 13.2. The first-order valence-electron chi connectivity index (χ1n) is 7.53. The fourth-order valence-electron chi connectivity index (χ4n) is 2.53. The Morgan fingerprint density at radius 1 is 1.21 bits per heavy atom. The number of rotatable bonds is 4. The van der Waals surface area contributed by atoms with Crippen molar-refractivity contribution in [1.82, 2.24) is 15.1 Å². The summed E-state index contributed by atoms with van der Waals surface area (Å²) in [6, 6.07) is 12.0. The predicted octanol–water partition coefficient (Wildman–Crippen LogP) is 1.65. The van der Waals surface area contributed by atoms with Gasteiger partial charge in [-0.3, -0.25) is 4.79 Å². The lowest BCUT2D eigenvalue weighted by Crippen LogP contribution is -2.31. The van der Waals surface area contributed by atoms with Crippen LogP contribution in [0.15, 0.2) is 36.4 Å². The van der Waals surface area contributed by atoms with Gasteiger partial charge < -0.3 is 14.4 Å². The number of hydrogen-bond acceptors (Lipinski definition) is 6. The lowest BCUT2D eigenvalue weighted by molar-refractivity contribution is 0.0771. The number of aromatic nitrogens is 2. The molecule has 1 aliphatic rings. The van der Waals surface area contributed by atoms with E-state index in [0.717, 1.165) is 6.42 Å². The molecule has 1 amide bonds. The van der Waals surface area contributed by atoms with Crippen LogP contribution in [-0.2, 0) is 0 Å². The minimum atomic E-state index is -0.116. The molecule has 0 radical (unpaired) electrons. The molecular formula is C17H16N4O3. The molecule has 0 N–H and O–H groups in total. The number of carbonyl (C=O) groups excluding carboxylic acids is 1. The Kier molecular flexibility index (Phi) is 4.57. The van der Waals surface area contributed by atoms with Gasteiger partial charge in [0.2, 0.25) is 11.8 Å². The summed E-state index contributed by atoms with van der Waals surface area (Å²) in [6.07, 6.45) is 0.616. The third-order valence-corrected chi connectivity index (χ3v) is 3.81. The van der Waals surface area contributed by atoms with E-state index in [9.17, 15) is 4.79 Å². The van der Waals surface area contributed by atoms with E-state index >= 15 is 0 Å². The molecule has 3 rings (SSSR count). The number of ether oxygens (including phenoxy) is 2. The predicted molar refractivity (Wildman–Crippen MR) is 84.7 cm³/mol. The molecule has 2 heterocycles. The lowest BCUT2D eigenvalue weighted by atomic mass is 10.1. The topological polar surface area (TPSA) is 88.3 Å². The smallest absolute Gasteiger partial charge is 0.253 e. The molecule has 1 fully saturated rings. The average Bonchev–Trinajstić information content (AvgIpc) is 3.10. The highest BCUT2D eigenvalue weighted by molar-refractivity contribution is 5.94. The van der Waals surface area contributed by atoms with Crippen LogP contribution in [0.5, 0.6) is 11.8 Å². The summed E-state index contributed by atoms with van der Waals surface area (Å²) in [6.45, 7) is 1.11. The van der Waals surface area contributed by atoms with Crippen LogP contribution in [0.4, 0.5) is 0 Å². The first-order valence-corrected chi connectivity index (χ1v) is 7.53. The summed E-state index contributed by atoms with van der Waals surface area (Å²) in [5, 5.41) is 16.6. The standard InChI is InChI=1S/C17H16N4O3/c1-23-15-6-7-16(20-19-15)24-14-8-9-21(11-14)17(22)13-4-2-12(10-18)3-5-13/h2-7,14H,8-9,11H2,1H3. The molecule has 7 nitrogen and oxygen atoms in total. The molecule has 24 heavy (non-hydrogen) atoms. The first-order chi connectivity index (χ1) is 11.7. The van der Waals surface area contributed by atoms with Crippen LogP contribution in [0.3, 0.4) is 0 Å². The lowest BCUT2D eigenvalue weighted by Gasteiger charge is -2.17. The Hall–Kier alpha value is -3.14. The van der Waals surface area contributed by atoms with Crippen molar-refractivity contribution < 1.29 is 14.3 Å². The van der Waals surface area contributed by atoms with Crippen molar-refractivity contribution in [3.8, 4) is 17.8 Å². The SMILES string of the molecule is COc1ccc(OC2CCN(C(=O)c3ccc(C#N)cc3)C2)nn1. The van der Waals surface area contributed by atoms with E-state index in [-0.39, 0.29) is 12.0 Å². The Morgan fingerprint density at radius 3 is 2.54 bits per heavy atom. The minimum Gasteiger partial charge on any atom is -0.480 e. The van der Waals surface area contributed by atoms with Gasteiger partial charge in [0.25, 0.3) is 5.91 Å². The molecule has 0 spiro atoms. The number of likely N-dealkylation sites (tertiary alicyclic amines) is 1. The summed E-state index contributed by atoms with van der Waals surface area (Å²) < 4.78 is 10.7. The quantitative estimate of drug-likeness (QED) is 0.849. The van der Waals surface area contributed by atoms with Crippen molar-refractivity contribution in [3.63, 3.8) is 0 Å². The molecule has 122 valence electrons. The molecule has 1 unspecified atom stereocenters. The number of benzene rings is 1. The molecule has 7 heteroatoms. The molecule has 0 saturated carbocycles. The van der Waals surface area contributed by atoms with Crippen molar-refractivity contribution >= 4 is 5.91 Å². The summed E-state index contributed by atoms with van der Waals surface area (Å²) in [7, 11) is 1.52. The third kappa shape index (κ3) is 3.43. The first kappa shape index (κ1) is 15.7. The van der Waals surface area contributed by atoms with E-state index in [0.29, 0.717) is 36.0 Å². The molecule has 1 aromatic heterocycles. The van der Waals surface area contributed by atoms with Crippen LogP contribution < -0.4 is 9.47 Å². The largest absolute Gasteiger partial charge is 0.480 e. The van der Waals surface area contributed by atoms with E-state index < -0.39 is 0 Å². The Morgan fingerprint density at radius 2 is 1.92 bits per heavy atom. The summed E-state index contributed by atoms with van der Waals surface area (Å²) in [4.78, 5) is 14.2. The van der Waals surface area contributed by atoms with Crippen LogP contribution >= 0.6 is 0 Å². The highest BCUT2D eigenvalue weighted by Crippen LogP contribution is 2.19. The monoisotopic (exact) mass is 324 g/mol. The van der Waals surface area contributed by atoms with Crippen molar-refractivity contribution in [3.05, 3.63) is 47.5 Å².